The van der Waals surface area contributed by atoms with E-state index < -0.39 is 25.3 Å². The van der Waals surface area contributed by atoms with E-state index in [0.717, 1.165) is 0 Å². The van der Waals surface area contributed by atoms with Crippen LogP contribution in [0.1, 0.15) is 2.85 Å². The van der Waals surface area contributed by atoms with E-state index in [1.807, 2.05) is 0 Å². The summed E-state index contributed by atoms with van der Waals surface area (Å²) in [7, 11) is -9.24. The Kier molecular flexibility index (Phi) is 6.04. The van der Waals surface area contributed by atoms with E-state index in [1.54, 1.807) is 0 Å². The van der Waals surface area contributed by atoms with Crippen LogP contribution in [-0.4, -0.2) is 76.5 Å². The summed E-state index contributed by atoms with van der Waals surface area (Å²) >= 11 is 0. The van der Waals surface area contributed by atoms with Crippen LogP contribution < -0.4 is 0 Å². The molecule has 0 fully saturated rings. The van der Waals surface area contributed by atoms with Gasteiger partial charge in [-0.1, -0.05) is 0 Å². The van der Waals surface area contributed by atoms with Gasteiger partial charge in [0, 0.05) is 0 Å². The third kappa shape index (κ3) is 12.0. The first-order chi connectivity index (χ1) is 3.71. The van der Waals surface area contributed by atoms with Crippen LogP contribution in [0.2, 0.25) is 0 Å². The SMILES string of the molecule is O=S(=O)(O)CS(=O)(=O)O.[H-].[H-].[Sr+2]. The van der Waals surface area contributed by atoms with Crippen molar-refractivity contribution in [1.82, 2.24) is 0 Å². The van der Waals surface area contributed by atoms with Gasteiger partial charge in [-0.05, 0) is 0 Å². The van der Waals surface area contributed by atoms with E-state index >= 15 is 0 Å². The van der Waals surface area contributed by atoms with Gasteiger partial charge in [0.2, 0.25) is 5.08 Å². The van der Waals surface area contributed by atoms with E-state index in [1.165, 1.54) is 0 Å². The van der Waals surface area contributed by atoms with Gasteiger partial charge in [-0.2, -0.15) is 16.8 Å². The molecule has 0 spiro atoms. The van der Waals surface area contributed by atoms with Crippen LogP contribution in [0, 0.1) is 0 Å². The quantitative estimate of drug-likeness (QED) is 0.468. The monoisotopic (exact) mass is 266 g/mol. The standard InChI is InChI=1S/CH4O6S2.Sr.2H/c2-8(3,4)1-9(5,6)7;;;/h1H2,(H,2,3,4)(H,5,6,7);;;/q;+2;2*-1. The fourth-order valence-electron chi connectivity index (χ4n) is 0.188. The molecule has 0 bridgehead atoms. The first-order valence-electron chi connectivity index (χ1n) is 1.61. The van der Waals surface area contributed by atoms with Crippen molar-refractivity contribution in [3.63, 3.8) is 0 Å². The number of hydrogen-bond acceptors (Lipinski definition) is 4. The third-order valence-corrected chi connectivity index (χ3v) is 2.68. The predicted octanol–water partition coefficient (Wildman–Crippen LogP) is -1.44. The Labute approximate surface area is 98.4 Å². The van der Waals surface area contributed by atoms with Gasteiger partial charge >= 0.3 is 45.5 Å². The first-order valence-corrected chi connectivity index (χ1v) is 4.83. The summed E-state index contributed by atoms with van der Waals surface area (Å²) in [5.41, 5.74) is 0. The molecule has 0 aliphatic rings. The van der Waals surface area contributed by atoms with Gasteiger partial charge in [0.05, 0.1) is 0 Å². The maximum absolute atomic E-state index is 9.66. The average molecular weight is 266 g/mol. The Hall–Kier alpha value is 1.30. The molecule has 0 rings (SSSR count). The molecule has 60 valence electrons. The molecule has 0 aromatic heterocycles. The van der Waals surface area contributed by atoms with Crippen molar-refractivity contribution in [1.29, 1.82) is 0 Å². The number of hydrogen-bond donors (Lipinski definition) is 2. The zero-order valence-electron chi connectivity index (χ0n) is 6.76. The van der Waals surface area contributed by atoms with E-state index in [0.29, 0.717) is 0 Å². The van der Waals surface area contributed by atoms with Crippen molar-refractivity contribution in [3.05, 3.63) is 0 Å². The summed E-state index contributed by atoms with van der Waals surface area (Å²) in [6.45, 7) is 0. The largest absolute Gasteiger partial charge is 2.00 e. The molecule has 2 N–H and O–H groups in total. The van der Waals surface area contributed by atoms with Gasteiger partial charge < -0.3 is 2.85 Å². The minimum Gasteiger partial charge on any atom is -1.00 e. The zero-order chi connectivity index (χ0) is 7.71. The van der Waals surface area contributed by atoms with Crippen LogP contribution in [-0.2, 0) is 20.2 Å². The molecule has 0 aliphatic heterocycles. The fraction of sp³-hybridized carbons (Fsp3) is 1.00. The second-order valence-electron chi connectivity index (χ2n) is 1.28. The van der Waals surface area contributed by atoms with Crippen LogP contribution in [0.4, 0.5) is 0 Å². The van der Waals surface area contributed by atoms with Crippen LogP contribution in [0.15, 0.2) is 0 Å². The molecule has 0 aromatic rings. The smallest absolute Gasteiger partial charge is 1.00 e. The molecule has 0 aromatic carbocycles. The van der Waals surface area contributed by atoms with E-state index in [4.69, 9.17) is 9.11 Å². The second kappa shape index (κ2) is 4.36. The maximum Gasteiger partial charge on any atom is 2.00 e. The van der Waals surface area contributed by atoms with Gasteiger partial charge in [-0.15, -0.1) is 0 Å². The molecule has 0 saturated heterocycles. The van der Waals surface area contributed by atoms with Crippen LogP contribution >= 0.6 is 0 Å². The van der Waals surface area contributed by atoms with Crippen LogP contribution in [0.3, 0.4) is 0 Å². The van der Waals surface area contributed by atoms with Gasteiger partial charge in [0.25, 0.3) is 20.2 Å². The van der Waals surface area contributed by atoms with E-state index in [2.05, 4.69) is 0 Å². The third-order valence-electron chi connectivity index (χ3n) is 0.298. The summed E-state index contributed by atoms with van der Waals surface area (Å²) in [6, 6.07) is 0. The molecule has 0 aliphatic carbocycles. The molecule has 9 heteroatoms. The fourth-order valence-corrected chi connectivity index (χ4v) is 1.69. The molecule has 0 unspecified atom stereocenters. The zero-order valence-corrected chi connectivity index (χ0v) is 9.87. The van der Waals surface area contributed by atoms with Crippen molar-refractivity contribution in [3.8, 4) is 0 Å². The summed E-state index contributed by atoms with van der Waals surface area (Å²) < 4.78 is 54.2. The van der Waals surface area contributed by atoms with Crippen molar-refractivity contribution in [2.75, 3.05) is 5.08 Å². The topological polar surface area (TPSA) is 109 Å². The minimum absolute atomic E-state index is 0. The Balaban J connectivity index is -0.000000107. The van der Waals surface area contributed by atoms with Gasteiger partial charge in [-0.3, -0.25) is 9.11 Å². The summed E-state index contributed by atoms with van der Waals surface area (Å²) in [5, 5.41) is -1.65. The maximum atomic E-state index is 9.66. The molecule has 6 nitrogen and oxygen atoms in total. The van der Waals surface area contributed by atoms with Gasteiger partial charge in [0.15, 0.2) is 0 Å². The Bertz CT molecular complexity index is 249. The molecule has 0 saturated carbocycles. The minimum atomic E-state index is -4.62. The Morgan fingerprint density at radius 1 is 1.00 bits per heavy atom. The first kappa shape index (κ1) is 13.9. The van der Waals surface area contributed by atoms with Crippen molar-refractivity contribution in [2.45, 2.75) is 0 Å². The molecule has 0 heterocycles. The summed E-state index contributed by atoms with van der Waals surface area (Å²) in [5.74, 6) is 0. The molecular weight excluding hydrogens is 260 g/mol. The van der Waals surface area contributed by atoms with Gasteiger partial charge in [-0.25, -0.2) is 0 Å². The van der Waals surface area contributed by atoms with E-state index in [-0.39, 0.29) is 48.3 Å². The molecular formula is CH6O6S2Sr. The Morgan fingerprint density at radius 3 is 1.20 bits per heavy atom. The van der Waals surface area contributed by atoms with E-state index in [9.17, 15) is 16.8 Å². The summed E-state index contributed by atoms with van der Waals surface area (Å²) in [6.07, 6.45) is 0. The normalized spacial score (nSPS) is 12.2. The molecule has 0 radical (unpaired) electrons. The van der Waals surface area contributed by atoms with Crippen LogP contribution in [0.5, 0.6) is 0 Å². The average Bonchev–Trinajstić information content (AvgIpc) is 1.14. The molecule has 0 amide bonds. The van der Waals surface area contributed by atoms with Crippen molar-refractivity contribution < 1.29 is 28.8 Å². The number of rotatable bonds is 2. The Morgan fingerprint density at radius 2 is 1.20 bits per heavy atom. The van der Waals surface area contributed by atoms with Crippen molar-refractivity contribution in [2.24, 2.45) is 0 Å². The van der Waals surface area contributed by atoms with Gasteiger partial charge in [0.1, 0.15) is 0 Å². The van der Waals surface area contributed by atoms with Crippen molar-refractivity contribution >= 4 is 65.7 Å². The van der Waals surface area contributed by atoms with Crippen LogP contribution in [0.25, 0.3) is 0 Å². The molecule has 10 heavy (non-hydrogen) atoms. The predicted molar refractivity (Wildman–Crippen MR) is 35.9 cm³/mol. The second-order valence-corrected chi connectivity index (χ2v) is 4.55. The summed E-state index contributed by atoms with van der Waals surface area (Å²) in [4.78, 5) is 0. The molecule has 0 atom stereocenters.